The van der Waals surface area contributed by atoms with E-state index in [1.807, 2.05) is 51.1 Å². The molecule has 6 aromatic heterocycles. The molecule has 1 amide bonds. The maximum Gasteiger partial charge on any atom is 0.224 e. The number of hydrogen-bond donors (Lipinski definition) is 3. The van der Waals surface area contributed by atoms with Gasteiger partial charge >= 0.3 is 0 Å². The number of pyridine rings is 4. The van der Waals surface area contributed by atoms with Crippen LogP contribution in [-0.4, -0.2) is 46.0 Å². The number of amides is 1. The number of carbonyl (C=O) groups is 1. The summed E-state index contributed by atoms with van der Waals surface area (Å²) in [7, 11) is 0. The van der Waals surface area contributed by atoms with Gasteiger partial charge in [0.1, 0.15) is 11.2 Å². The van der Waals surface area contributed by atoms with Gasteiger partial charge in [0.25, 0.3) is 0 Å². The van der Waals surface area contributed by atoms with Crippen molar-refractivity contribution < 1.29 is 4.79 Å². The van der Waals surface area contributed by atoms with Crippen LogP contribution in [0, 0.1) is 5.41 Å². The SMILES string of the molecule is CC(C)(C)CC(=O)Nc1cncc(-c2cc3c(-c4nc5c(-c6ccccn6)cncc5[nH]4)n[nH]c3cn2)c1. The van der Waals surface area contributed by atoms with Gasteiger partial charge in [0, 0.05) is 41.5 Å². The largest absolute Gasteiger partial charge is 0.335 e. The van der Waals surface area contributed by atoms with Crippen molar-refractivity contribution in [1.82, 2.24) is 40.1 Å². The summed E-state index contributed by atoms with van der Waals surface area (Å²) in [5.41, 5.74) is 6.61. The first-order valence-electron chi connectivity index (χ1n) is 12.2. The zero-order chi connectivity index (χ0) is 26.3. The average molecular weight is 504 g/mol. The Labute approximate surface area is 218 Å². The van der Waals surface area contributed by atoms with Gasteiger partial charge in [-0.05, 0) is 29.7 Å². The van der Waals surface area contributed by atoms with Gasteiger partial charge in [-0.25, -0.2) is 4.98 Å². The van der Waals surface area contributed by atoms with Crippen LogP contribution in [-0.2, 0) is 4.79 Å². The van der Waals surface area contributed by atoms with Gasteiger partial charge in [-0.2, -0.15) is 5.10 Å². The molecule has 0 spiro atoms. The summed E-state index contributed by atoms with van der Waals surface area (Å²) >= 11 is 0. The van der Waals surface area contributed by atoms with Gasteiger partial charge in [0.15, 0.2) is 5.82 Å². The molecule has 6 heterocycles. The van der Waals surface area contributed by atoms with Crippen molar-refractivity contribution in [2.75, 3.05) is 5.32 Å². The second-order valence-electron chi connectivity index (χ2n) is 10.3. The second-order valence-corrected chi connectivity index (χ2v) is 10.3. The lowest BCUT2D eigenvalue weighted by molar-refractivity contribution is -0.117. The summed E-state index contributed by atoms with van der Waals surface area (Å²) in [6.45, 7) is 6.09. The summed E-state index contributed by atoms with van der Waals surface area (Å²) < 4.78 is 0. The molecule has 0 aromatic carbocycles. The molecule has 10 nitrogen and oxygen atoms in total. The Hall–Kier alpha value is -4.99. The van der Waals surface area contributed by atoms with E-state index in [0.29, 0.717) is 29.3 Å². The van der Waals surface area contributed by atoms with Crippen molar-refractivity contribution in [2.45, 2.75) is 27.2 Å². The minimum Gasteiger partial charge on any atom is -0.335 e. The number of fused-ring (bicyclic) bond motifs is 2. The van der Waals surface area contributed by atoms with E-state index in [1.165, 1.54) is 0 Å². The average Bonchev–Trinajstić information content (AvgIpc) is 3.51. The molecule has 0 bridgehead atoms. The molecule has 188 valence electrons. The standard InChI is InChI=1S/C28H25N9O/c1-28(2,3)10-24(38)33-17-8-16(11-29-12-17)21-9-18-22(15-32-21)36-37-26(18)27-34-23-14-30-13-19(25(23)35-27)20-6-4-5-7-31-20/h4-9,11-15H,10H2,1-3H3,(H,33,38)(H,34,35)(H,36,37). The molecule has 0 saturated carbocycles. The van der Waals surface area contributed by atoms with Crippen LogP contribution in [0.1, 0.15) is 27.2 Å². The minimum absolute atomic E-state index is 0.0542. The first kappa shape index (κ1) is 23.4. The first-order chi connectivity index (χ1) is 18.3. The molecule has 6 rings (SSSR count). The number of rotatable bonds is 5. The maximum absolute atomic E-state index is 12.4. The Morgan fingerprint density at radius 3 is 2.63 bits per heavy atom. The molecule has 3 N–H and O–H groups in total. The van der Waals surface area contributed by atoms with E-state index in [1.54, 1.807) is 37.2 Å². The highest BCUT2D eigenvalue weighted by Gasteiger charge is 2.18. The number of nitrogens with zero attached hydrogens (tertiary/aromatic N) is 6. The van der Waals surface area contributed by atoms with Crippen LogP contribution in [0.5, 0.6) is 0 Å². The molecule has 0 saturated heterocycles. The normalized spacial score (nSPS) is 11.8. The van der Waals surface area contributed by atoms with Crippen LogP contribution in [0.25, 0.3) is 56.0 Å². The zero-order valence-electron chi connectivity index (χ0n) is 21.1. The van der Waals surface area contributed by atoms with E-state index < -0.39 is 0 Å². The highest BCUT2D eigenvalue weighted by molar-refractivity contribution is 5.97. The highest BCUT2D eigenvalue weighted by atomic mass is 16.1. The molecule has 0 aliphatic carbocycles. The zero-order valence-corrected chi connectivity index (χ0v) is 21.1. The van der Waals surface area contributed by atoms with E-state index in [4.69, 9.17) is 4.98 Å². The Morgan fingerprint density at radius 1 is 0.947 bits per heavy atom. The minimum atomic E-state index is -0.107. The molecule has 6 aromatic rings. The van der Waals surface area contributed by atoms with Gasteiger partial charge in [0.05, 0.1) is 46.7 Å². The summed E-state index contributed by atoms with van der Waals surface area (Å²) in [5.74, 6) is 0.552. The third kappa shape index (κ3) is 4.59. The summed E-state index contributed by atoms with van der Waals surface area (Å²) in [4.78, 5) is 38.3. The summed E-state index contributed by atoms with van der Waals surface area (Å²) in [6, 6.07) is 9.55. The van der Waals surface area contributed by atoms with Gasteiger partial charge < -0.3 is 10.3 Å². The number of imidazole rings is 1. The molecular weight excluding hydrogens is 478 g/mol. The van der Waals surface area contributed by atoms with Crippen LogP contribution in [0.3, 0.4) is 0 Å². The van der Waals surface area contributed by atoms with Crippen molar-refractivity contribution in [3.8, 4) is 34.0 Å². The van der Waals surface area contributed by atoms with Crippen molar-refractivity contribution >= 4 is 33.5 Å². The Kier molecular flexibility index (Phi) is 5.64. The van der Waals surface area contributed by atoms with Crippen LogP contribution in [0.2, 0.25) is 0 Å². The van der Waals surface area contributed by atoms with Crippen LogP contribution < -0.4 is 5.32 Å². The molecule has 0 aliphatic rings. The monoisotopic (exact) mass is 503 g/mol. The van der Waals surface area contributed by atoms with Crippen molar-refractivity contribution in [2.24, 2.45) is 5.41 Å². The maximum atomic E-state index is 12.4. The summed E-state index contributed by atoms with van der Waals surface area (Å²) in [6.07, 6.45) is 10.8. The number of nitrogens with one attached hydrogen (secondary N) is 3. The smallest absolute Gasteiger partial charge is 0.224 e. The molecule has 10 heteroatoms. The van der Waals surface area contributed by atoms with Gasteiger partial charge in [-0.3, -0.25) is 29.8 Å². The van der Waals surface area contributed by atoms with Gasteiger partial charge in [-0.15, -0.1) is 0 Å². The number of aromatic amines is 2. The number of aromatic nitrogens is 8. The lowest BCUT2D eigenvalue weighted by atomic mass is 9.92. The molecule has 0 unspecified atom stereocenters. The van der Waals surface area contributed by atoms with Crippen LogP contribution in [0.15, 0.2) is 67.5 Å². The van der Waals surface area contributed by atoms with E-state index in [2.05, 4.69) is 40.4 Å². The lowest BCUT2D eigenvalue weighted by Gasteiger charge is -2.17. The highest BCUT2D eigenvalue weighted by Crippen LogP contribution is 2.32. The number of hydrogen-bond acceptors (Lipinski definition) is 7. The number of H-pyrrole nitrogens is 2. The fraction of sp³-hybridized carbons (Fsp3) is 0.179. The Balaban J connectivity index is 1.36. The van der Waals surface area contributed by atoms with Crippen molar-refractivity contribution in [3.05, 3.63) is 67.5 Å². The number of anilines is 1. The number of carbonyl (C=O) groups excluding carboxylic acids is 1. The van der Waals surface area contributed by atoms with Crippen molar-refractivity contribution in [1.29, 1.82) is 0 Å². The quantitative estimate of drug-likeness (QED) is 0.286. The Bertz CT molecular complexity index is 1780. The first-order valence-corrected chi connectivity index (χ1v) is 12.2. The molecule has 0 aliphatic heterocycles. The van der Waals surface area contributed by atoms with E-state index in [0.717, 1.165) is 38.8 Å². The molecule has 0 fully saturated rings. The fourth-order valence-electron chi connectivity index (χ4n) is 4.34. The van der Waals surface area contributed by atoms with E-state index in [9.17, 15) is 4.79 Å². The van der Waals surface area contributed by atoms with Crippen LogP contribution in [0.4, 0.5) is 5.69 Å². The third-order valence-electron chi connectivity index (χ3n) is 6.02. The second kappa shape index (κ2) is 9.15. The predicted octanol–water partition coefficient (Wildman–Crippen LogP) is 5.39. The predicted molar refractivity (Wildman–Crippen MR) is 146 cm³/mol. The van der Waals surface area contributed by atoms with Gasteiger partial charge in [0.2, 0.25) is 5.91 Å². The van der Waals surface area contributed by atoms with E-state index in [-0.39, 0.29) is 11.3 Å². The van der Waals surface area contributed by atoms with E-state index >= 15 is 0 Å². The van der Waals surface area contributed by atoms with Crippen molar-refractivity contribution in [3.63, 3.8) is 0 Å². The summed E-state index contributed by atoms with van der Waals surface area (Å²) in [5, 5.41) is 11.4. The third-order valence-corrected chi connectivity index (χ3v) is 6.02. The topological polar surface area (TPSA) is 138 Å². The molecule has 38 heavy (non-hydrogen) atoms. The van der Waals surface area contributed by atoms with Gasteiger partial charge in [-0.1, -0.05) is 26.8 Å². The molecule has 0 atom stereocenters. The fourth-order valence-corrected chi connectivity index (χ4v) is 4.34. The Morgan fingerprint density at radius 2 is 1.82 bits per heavy atom. The molecule has 0 radical (unpaired) electrons. The molecular formula is C28H25N9O. The lowest BCUT2D eigenvalue weighted by Crippen LogP contribution is -2.19. The van der Waals surface area contributed by atoms with Crippen LogP contribution >= 0.6 is 0 Å².